The van der Waals surface area contributed by atoms with E-state index in [4.69, 9.17) is 0 Å². The number of carbonyl (C=O) groups is 2. The van der Waals surface area contributed by atoms with Crippen molar-refractivity contribution >= 4 is 17.5 Å². The number of nitrogens with zero attached hydrogens (tertiary/aromatic N) is 1. The standard InChI is InChI=1S/C14H7F2NO3/c15-11-5-9-10(6-12(11)16)14(20)17(13(9)19)7-1-3-8(18)4-2-7/h1-6,18H. The number of phenols is 1. The molecule has 3 rings (SSSR count). The number of aromatic hydroxyl groups is 1. The predicted molar refractivity (Wildman–Crippen MR) is 65.6 cm³/mol. The Bertz CT molecular complexity index is 700. The molecule has 2 aromatic carbocycles. The average Bonchev–Trinajstić information content (AvgIpc) is 2.65. The maximum atomic E-state index is 13.2. The third-order valence-corrected chi connectivity index (χ3v) is 3.04. The van der Waals surface area contributed by atoms with Gasteiger partial charge in [-0.15, -0.1) is 0 Å². The zero-order valence-corrected chi connectivity index (χ0v) is 9.93. The Morgan fingerprint density at radius 1 is 0.850 bits per heavy atom. The predicted octanol–water partition coefficient (Wildman–Crippen LogP) is 2.47. The van der Waals surface area contributed by atoms with Crippen LogP contribution >= 0.6 is 0 Å². The van der Waals surface area contributed by atoms with Crippen molar-refractivity contribution in [2.45, 2.75) is 0 Å². The smallest absolute Gasteiger partial charge is 0.266 e. The number of rotatable bonds is 1. The molecule has 0 fully saturated rings. The maximum Gasteiger partial charge on any atom is 0.266 e. The van der Waals surface area contributed by atoms with Crippen LogP contribution in [0.3, 0.4) is 0 Å². The van der Waals surface area contributed by atoms with E-state index in [-0.39, 0.29) is 22.6 Å². The lowest BCUT2D eigenvalue weighted by molar-refractivity contribution is 0.0926. The molecule has 2 aromatic rings. The number of benzene rings is 2. The SMILES string of the molecule is O=C1c2cc(F)c(F)cc2C(=O)N1c1ccc(O)cc1. The van der Waals surface area contributed by atoms with Gasteiger partial charge in [-0.1, -0.05) is 0 Å². The van der Waals surface area contributed by atoms with Crippen LogP contribution in [0.4, 0.5) is 14.5 Å². The van der Waals surface area contributed by atoms with Crippen LogP contribution in [0.1, 0.15) is 20.7 Å². The molecular weight excluding hydrogens is 268 g/mol. The van der Waals surface area contributed by atoms with Gasteiger partial charge < -0.3 is 5.11 Å². The molecule has 6 heteroatoms. The van der Waals surface area contributed by atoms with Crippen LogP contribution in [-0.4, -0.2) is 16.9 Å². The topological polar surface area (TPSA) is 57.6 Å². The third kappa shape index (κ3) is 1.65. The van der Waals surface area contributed by atoms with Gasteiger partial charge in [0.15, 0.2) is 11.6 Å². The molecule has 0 saturated heterocycles. The zero-order valence-electron chi connectivity index (χ0n) is 9.93. The van der Waals surface area contributed by atoms with Gasteiger partial charge in [-0.05, 0) is 36.4 Å². The number of hydrogen-bond donors (Lipinski definition) is 1. The van der Waals surface area contributed by atoms with E-state index < -0.39 is 23.4 Å². The lowest BCUT2D eigenvalue weighted by Gasteiger charge is -2.13. The summed E-state index contributed by atoms with van der Waals surface area (Å²) >= 11 is 0. The Hall–Kier alpha value is -2.76. The Morgan fingerprint density at radius 2 is 1.30 bits per heavy atom. The van der Waals surface area contributed by atoms with Gasteiger partial charge in [-0.3, -0.25) is 9.59 Å². The van der Waals surface area contributed by atoms with Gasteiger partial charge in [0.1, 0.15) is 5.75 Å². The number of anilines is 1. The number of hydrogen-bond acceptors (Lipinski definition) is 3. The van der Waals surface area contributed by atoms with Gasteiger partial charge in [-0.25, -0.2) is 13.7 Å². The van der Waals surface area contributed by atoms with Crippen molar-refractivity contribution in [3.05, 3.63) is 59.2 Å². The molecule has 0 aromatic heterocycles. The molecule has 2 amide bonds. The summed E-state index contributed by atoms with van der Waals surface area (Å²) in [5, 5.41) is 9.19. The second-order valence-corrected chi connectivity index (χ2v) is 4.27. The Balaban J connectivity index is 2.12. The van der Waals surface area contributed by atoms with Gasteiger partial charge in [0.25, 0.3) is 11.8 Å². The summed E-state index contributed by atoms with van der Waals surface area (Å²) in [4.78, 5) is 25.0. The number of imide groups is 1. The van der Waals surface area contributed by atoms with Crippen LogP contribution < -0.4 is 4.90 Å². The highest BCUT2D eigenvalue weighted by molar-refractivity contribution is 6.34. The molecule has 0 aliphatic carbocycles. The zero-order chi connectivity index (χ0) is 14.4. The van der Waals surface area contributed by atoms with Crippen LogP contribution in [0.2, 0.25) is 0 Å². The maximum absolute atomic E-state index is 13.2. The van der Waals surface area contributed by atoms with E-state index in [1.807, 2.05) is 0 Å². The van der Waals surface area contributed by atoms with Gasteiger partial charge in [0.2, 0.25) is 0 Å². The Morgan fingerprint density at radius 3 is 1.75 bits per heavy atom. The molecule has 0 spiro atoms. The van der Waals surface area contributed by atoms with Crippen molar-refractivity contribution in [2.75, 3.05) is 4.90 Å². The summed E-state index contributed by atoms with van der Waals surface area (Å²) < 4.78 is 26.3. The van der Waals surface area contributed by atoms with Gasteiger partial charge in [0.05, 0.1) is 16.8 Å². The minimum Gasteiger partial charge on any atom is -0.508 e. The monoisotopic (exact) mass is 275 g/mol. The Kier molecular flexibility index (Phi) is 2.53. The molecule has 100 valence electrons. The number of fused-ring (bicyclic) bond motifs is 1. The highest BCUT2D eigenvalue weighted by Crippen LogP contribution is 2.30. The van der Waals surface area contributed by atoms with Crippen molar-refractivity contribution in [3.63, 3.8) is 0 Å². The first-order chi connectivity index (χ1) is 9.49. The van der Waals surface area contributed by atoms with Crippen molar-refractivity contribution in [2.24, 2.45) is 0 Å². The molecule has 0 unspecified atom stereocenters. The molecule has 1 heterocycles. The second-order valence-electron chi connectivity index (χ2n) is 4.27. The van der Waals surface area contributed by atoms with Gasteiger partial charge in [-0.2, -0.15) is 0 Å². The molecule has 1 aliphatic rings. The van der Waals surface area contributed by atoms with E-state index >= 15 is 0 Å². The van der Waals surface area contributed by atoms with Crippen LogP contribution in [0.15, 0.2) is 36.4 Å². The molecule has 0 radical (unpaired) electrons. The van der Waals surface area contributed by atoms with E-state index in [1.54, 1.807) is 0 Å². The van der Waals surface area contributed by atoms with Crippen molar-refractivity contribution in [3.8, 4) is 5.75 Å². The first-order valence-electron chi connectivity index (χ1n) is 5.66. The summed E-state index contributed by atoms with van der Waals surface area (Å²) in [5.74, 6) is -3.85. The number of amides is 2. The molecule has 4 nitrogen and oxygen atoms in total. The number of halogens is 2. The third-order valence-electron chi connectivity index (χ3n) is 3.04. The minimum atomic E-state index is -1.18. The molecule has 0 saturated carbocycles. The Labute approximate surface area is 111 Å². The van der Waals surface area contributed by atoms with Crippen LogP contribution in [0.5, 0.6) is 5.75 Å². The molecule has 1 N–H and O–H groups in total. The van der Waals surface area contributed by atoms with Gasteiger partial charge in [0, 0.05) is 0 Å². The average molecular weight is 275 g/mol. The minimum absolute atomic E-state index is 0.0255. The number of carbonyl (C=O) groups excluding carboxylic acids is 2. The van der Waals surface area contributed by atoms with Crippen LogP contribution in [0.25, 0.3) is 0 Å². The molecule has 0 bridgehead atoms. The summed E-state index contributed by atoms with van der Waals surface area (Å²) in [6, 6.07) is 6.77. The van der Waals surface area contributed by atoms with Gasteiger partial charge >= 0.3 is 0 Å². The fourth-order valence-electron chi connectivity index (χ4n) is 2.07. The summed E-state index contributed by atoms with van der Waals surface area (Å²) in [6.45, 7) is 0. The molecule has 1 aliphatic heterocycles. The first kappa shape index (κ1) is 12.3. The van der Waals surface area contributed by atoms with E-state index in [2.05, 4.69) is 0 Å². The van der Waals surface area contributed by atoms with Crippen molar-refractivity contribution in [1.82, 2.24) is 0 Å². The summed E-state index contributed by atoms with van der Waals surface area (Å²) in [5.41, 5.74) is -0.140. The van der Waals surface area contributed by atoms with Crippen LogP contribution in [0, 0.1) is 11.6 Å². The van der Waals surface area contributed by atoms with E-state index in [0.29, 0.717) is 12.1 Å². The lowest BCUT2D eigenvalue weighted by Crippen LogP contribution is -2.29. The van der Waals surface area contributed by atoms with Crippen LogP contribution in [-0.2, 0) is 0 Å². The molecule has 20 heavy (non-hydrogen) atoms. The number of phenolic OH excluding ortho intramolecular Hbond substituents is 1. The van der Waals surface area contributed by atoms with Crippen molar-refractivity contribution in [1.29, 1.82) is 0 Å². The van der Waals surface area contributed by atoms with Crippen molar-refractivity contribution < 1.29 is 23.5 Å². The fourth-order valence-corrected chi connectivity index (χ4v) is 2.07. The first-order valence-corrected chi connectivity index (χ1v) is 5.66. The molecule has 0 atom stereocenters. The highest BCUT2D eigenvalue weighted by Gasteiger charge is 2.37. The summed E-state index contributed by atoms with van der Waals surface area (Å²) in [7, 11) is 0. The highest BCUT2D eigenvalue weighted by atomic mass is 19.2. The quantitative estimate of drug-likeness (QED) is 0.813. The summed E-state index contributed by atoms with van der Waals surface area (Å²) in [6.07, 6.45) is 0. The second kappa shape index (κ2) is 4.12. The largest absolute Gasteiger partial charge is 0.508 e. The van der Waals surface area contributed by atoms with E-state index in [0.717, 1.165) is 4.90 Å². The molecular formula is C14H7F2NO3. The lowest BCUT2D eigenvalue weighted by atomic mass is 10.1. The van der Waals surface area contributed by atoms with E-state index in [1.165, 1.54) is 24.3 Å². The van der Waals surface area contributed by atoms with E-state index in [9.17, 15) is 23.5 Å². The normalized spacial score (nSPS) is 13.8. The fraction of sp³-hybridized carbons (Fsp3) is 0.